The lowest BCUT2D eigenvalue weighted by molar-refractivity contribution is -0.122. The van der Waals surface area contributed by atoms with E-state index < -0.39 is 6.10 Å². The molecular weight excluding hydrogens is 330 g/mol. The molecule has 0 radical (unpaired) electrons. The van der Waals surface area contributed by atoms with Crippen molar-refractivity contribution in [1.82, 2.24) is 9.78 Å². The Kier molecular flexibility index (Phi) is 5.12. The van der Waals surface area contributed by atoms with Gasteiger partial charge in [-0.2, -0.15) is 5.10 Å². The minimum absolute atomic E-state index is 0.194. The van der Waals surface area contributed by atoms with Crippen LogP contribution in [0.1, 0.15) is 6.92 Å². The van der Waals surface area contributed by atoms with E-state index in [0.717, 1.165) is 5.56 Å². The first-order valence-corrected chi connectivity index (χ1v) is 8.21. The Balaban J connectivity index is 1.80. The Morgan fingerprint density at radius 3 is 2.46 bits per heavy atom. The smallest absolute Gasteiger partial charge is 0.266 e. The molecule has 3 aromatic rings. The summed E-state index contributed by atoms with van der Waals surface area (Å²) >= 11 is 0. The average molecular weight is 349 g/mol. The van der Waals surface area contributed by atoms with E-state index >= 15 is 0 Å². The van der Waals surface area contributed by atoms with Crippen molar-refractivity contribution < 1.29 is 9.53 Å². The van der Waals surface area contributed by atoms with Crippen LogP contribution >= 0.6 is 0 Å². The molecule has 0 spiro atoms. The summed E-state index contributed by atoms with van der Waals surface area (Å²) in [5.41, 5.74) is 1.73. The lowest BCUT2D eigenvalue weighted by atomic mass is 10.1. The number of amides is 1. The van der Waals surface area contributed by atoms with Crippen molar-refractivity contribution in [3.63, 3.8) is 0 Å². The molecule has 132 valence electrons. The van der Waals surface area contributed by atoms with Crippen LogP contribution in [0.2, 0.25) is 0 Å². The fourth-order valence-corrected chi connectivity index (χ4v) is 2.45. The van der Waals surface area contributed by atoms with Gasteiger partial charge in [0.15, 0.2) is 6.10 Å². The monoisotopic (exact) mass is 349 g/mol. The van der Waals surface area contributed by atoms with Gasteiger partial charge in [0, 0.05) is 18.7 Å². The summed E-state index contributed by atoms with van der Waals surface area (Å²) in [6.07, 6.45) is -0.668. The van der Waals surface area contributed by atoms with E-state index in [1.54, 1.807) is 38.2 Å². The third-order valence-corrected chi connectivity index (χ3v) is 3.85. The van der Waals surface area contributed by atoms with Gasteiger partial charge >= 0.3 is 0 Å². The van der Waals surface area contributed by atoms with Crippen LogP contribution in [-0.2, 0) is 11.8 Å². The van der Waals surface area contributed by atoms with Crippen molar-refractivity contribution in [1.29, 1.82) is 0 Å². The second kappa shape index (κ2) is 7.65. The van der Waals surface area contributed by atoms with Crippen LogP contribution in [0.4, 0.5) is 5.69 Å². The SMILES string of the molecule is C[C@H](Oc1ccccc1)C(=O)Nc1ccccc1-c1ccc(=O)n(C)n1. The molecule has 0 fully saturated rings. The van der Waals surface area contributed by atoms with E-state index in [9.17, 15) is 9.59 Å². The number of aromatic nitrogens is 2. The molecule has 1 heterocycles. The summed E-state index contributed by atoms with van der Waals surface area (Å²) in [5.74, 6) is 0.356. The quantitative estimate of drug-likeness (QED) is 0.769. The number of para-hydroxylation sites is 2. The van der Waals surface area contributed by atoms with Gasteiger partial charge in [0.05, 0.1) is 11.4 Å². The van der Waals surface area contributed by atoms with Crippen LogP contribution in [0, 0.1) is 0 Å². The highest BCUT2D eigenvalue weighted by molar-refractivity contribution is 5.97. The number of ether oxygens (including phenoxy) is 1. The van der Waals surface area contributed by atoms with E-state index in [2.05, 4.69) is 10.4 Å². The first-order valence-electron chi connectivity index (χ1n) is 8.21. The summed E-state index contributed by atoms with van der Waals surface area (Å²) < 4.78 is 6.91. The van der Waals surface area contributed by atoms with Crippen molar-refractivity contribution in [2.45, 2.75) is 13.0 Å². The number of benzene rings is 2. The maximum Gasteiger partial charge on any atom is 0.266 e. The lowest BCUT2D eigenvalue weighted by Gasteiger charge is -2.16. The highest BCUT2D eigenvalue weighted by Gasteiger charge is 2.17. The molecule has 0 aliphatic rings. The maximum absolute atomic E-state index is 12.5. The third-order valence-electron chi connectivity index (χ3n) is 3.85. The fraction of sp³-hybridized carbons (Fsp3) is 0.150. The number of carbonyl (C=O) groups excluding carboxylic acids is 1. The van der Waals surface area contributed by atoms with E-state index in [1.807, 2.05) is 36.4 Å². The summed E-state index contributed by atoms with van der Waals surface area (Å²) in [6.45, 7) is 1.69. The van der Waals surface area contributed by atoms with Crippen molar-refractivity contribution in [2.24, 2.45) is 7.05 Å². The Morgan fingerprint density at radius 2 is 1.73 bits per heavy atom. The summed E-state index contributed by atoms with van der Waals surface area (Å²) in [5, 5.41) is 7.12. The first-order chi connectivity index (χ1) is 12.5. The number of hydrogen-bond donors (Lipinski definition) is 1. The summed E-state index contributed by atoms with van der Waals surface area (Å²) in [7, 11) is 1.59. The standard InChI is InChI=1S/C20H19N3O3/c1-14(26-15-8-4-3-5-9-15)20(25)21-17-11-7-6-10-16(17)18-12-13-19(24)23(2)22-18/h3-14H,1-2H3,(H,21,25)/t14-/m0/s1. The number of nitrogens with zero attached hydrogens (tertiary/aromatic N) is 2. The molecule has 6 nitrogen and oxygen atoms in total. The number of hydrogen-bond acceptors (Lipinski definition) is 4. The zero-order valence-corrected chi connectivity index (χ0v) is 14.5. The molecule has 0 unspecified atom stereocenters. The van der Waals surface area contributed by atoms with Crippen LogP contribution in [0.25, 0.3) is 11.3 Å². The van der Waals surface area contributed by atoms with Crippen molar-refractivity contribution in [3.05, 3.63) is 77.1 Å². The third kappa shape index (κ3) is 3.97. The van der Waals surface area contributed by atoms with Crippen molar-refractivity contribution in [3.8, 4) is 17.0 Å². The van der Waals surface area contributed by atoms with Gasteiger partial charge < -0.3 is 10.1 Å². The number of rotatable bonds is 5. The number of carbonyl (C=O) groups is 1. The van der Waals surface area contributed by atoms with Crippen LogP contribution in [-0.4, -0.2) is 21.8 Å². The second-order valence-corrected chi connectivity index (χ2v) is 5.79. The van der Waals surface area contributed by atoms with E-state index in [-0.39, 0.29) is 11.5 Å². The number of aryl methyl sites for hydroxylation is 1. The largest absolute Gasteiger partial charge is 0.481 e. The van der Waals surface area contributed by atoms with Gasteiger partial charge in [0.1, 0.15) is 5.75 Å². The zero-order valence-electron chi connectivity index (χ0n) is 14.5. The first kappa shape index (κ1) is 17.4. The molecule has 3 rings (SSSR count). The topological polar surface area (TPSA) is 73.2 Å². The van der Waals surface area contributed by atoms with E-state index in [4.69, 9.17) is 4.74 Å². The summed E-state index contributed by atoms with van der Waals surface area (Å²) in [6, 6.07) is 19.6. The van der Waals surface area contributed by atoms with Gasteiger partial charge in [-0.05, 0) is 31.2 Å². The Bertz CT molecular complexity index is 967. The lowest BCUT2D eigenvalue weighted by Crippen LogP contribution is -2.30. The van der Waals surface area contributed by atoms with Crippen LogP contribution in [0.5, 0.6) is 5.75 Å². The normalized spacial score (nSPS) is 11.6. The van der Waals surface area contributed by atoms with Crippen LogP contribution in [0.3, 0.4) is 0 Å². The van der Waals surface area contributed by atoms with E-state index in [1.165, 1.54) is 10.7 Å². The molecule has 1 atom stereocenters. The Morgan fingerprint density at radius 1 is 1.04 bits per heavy atom. The number of anilines is 1. The molecule has 0 aliphatic heterocycles. The predicted octanol–water partition coefficient (Wildman–Crippen LogP) is 2.85. The highest BCUT2D eigenvalue weighted by Crippen LogP contribution is 2.25. The molecule has 26 heavy (non-hydrogen) atoms. The van der Waals surface area contributed by atoms with Gasteiger partial charge in [-0.1, -0.05) is 36.4 Å². The molecule has 0 aliphatic carbocycles. The maximum atomic E-state index is 12.5. The highest BCUT2D eigenvalue weighted by atomic mass is 16.5. The van der Waals surface area contributed by atoms with Crippen LogP contribution in [0.15, 0.2) is 71.5 Å². The van der Waals surface area contributed by atoms with Gasteiger partial charge in [-0.15, -0.1) is 0 Å². The predicted molar refractivity (Wildman–Crippen MR) is 100 cm³/mol. The van der Waals surface area contributed by atoms with Gasteiger partial charge in [-0.25, -0.2) is 4.68 Å². The molecule has 2 aromatic carbocycles. The Labute approximate surface area is 151 Å². The van der Waals surface area contributed by atoms with Crippen molar-refractivity contribution in [2.75, 3.05) is 5.32 Å². The molecule has 1 N–H and O–H groups in total. The zero-order chi connectivity index (χ0) is 18.5. The minimum Gasteiger partial charge on any atom is -0.481 e. The molecule has 6 heteroatoms. The number of nitrogens with one attached hydrogen (secondary N) is 1. The van der Waals surface area contributed by atoms with Crippen molar-refractivity contribution >= 4 is 11.6 Å². The van der Waals surface area contributed by atoms with Gasteiger partial charge in [0.2, 0.25) is 0 Å². The molecule has 0 saturated carbocycles. The van der Waals surface area contributed by atoms with Gasteiger partial charge in [0.25, 0.3) is 11.5 Å². The molecule has 1 aromatic heterocycles. The molecule has 0 saturated heterocycles. The van der Waals surface area contributed by atoms with Gasteiger partial charge in [-0.3, -0.25) is 9.59 Å². The summed E-state index contributed by atoms with van der Waals surface area (Å²) in [4.78, 5) is 24.1. The molecular formula is C20H19N3O3. The fourth-order valence-electron chi connectivity index (χ4n) is 2.45. The Hall–Kier alpha value is -3.41. The average Bonchev–Trinajstić information content (AvgIpc) is 2.65. The second-order valence-electron chi connectivity index (χ2n) is 5.79. The minimum atomic E-state index is -0.668. The van der Waals surface area contributed by atoms with Crippen LogP contribution < -0.4 is 15.6 Å². The molecule has 0 bridgehead atoms. The van der Waals surface area contributed by atoms with E-state index in [0.29, 0.717) is 17.1 Å². The molecule has 1 amide bonds.